The first-order chi connectivity index (χ1) is 6.56. The molecule has 0 aliphatic carbocycles. The number of piperidine rings is 1. The van der Waals surface area contributed by atoms with Crippen LogP contribution in [0.25, 0.3) is 0 Å². The number of nitrogens with zero attached hydrogens (tertiary/aromatic N) is 1. The minimum atomic E-state index is -0.212. The van der Waals surface area contributed by atoms with Gasteiger partial charge in [0.05, 0.1) is 6.10 Å². The van der Waals surface area contributed by atoms with Gasteiger partial charge in [0.1, 0.15) is 0 Å². The van der Waals surface area contributed by atoms with Crippen LogP contribution in [0.3, 0.4) is 0 Å². The molecular weight excluding hydrogens is 178 g/mol. The molecule has 0 aromatic carbocycles. The fourth-order valence-electron chi connectivity index (χ4n) is 1.99. The third kappa shape index (κ3) is 2.47. The standard InChI is InChI=1S/C11H21NO2/c1-4-9-7-12(6-5-10(9)13)11(14)8(2)3/h8-10,13H,4-7H2,1-3H3. The van der Waals surface area contributed by atoms with Crippen molar-refractivity contribution in [3.8, 4) is 0 Å². The van der Waals surface area contributed by atoms with Gasteiger partial charge in [-0.05, 0) is 12.8 Å². The number of carbonyl (C=O) groups excluding carboxylic acids is 1. The zero-order valence-electron chi connectivity index (χ0n) is 9.36. The number of hydrogen-bond acceptors (Lipinski definition) is 2. The second kappa shape index (κ2) is 4.78. The fourth-order valence-corrected chi connectivity index (χ4v) is 1.99. The Kier molecular flexibility index (Phi) is 3.93. The largest absolute Gasteiger partial charge is 0.393 e. The average Bonchev–Trinajstić information content (AvgIpc) is 2.17. The zero-order chi connectivity index (χ0) is 10.7. The van der Waals surface area contributed by atoms with Gasteiger partial charge in [0.15, 0.2) is 0 Å². The number of aliphatic hydroxyl groups is 1. The first-order valence-corrected chi connectivity index (χ1v) is 5.53. The summed E-state index contributed by atoms with van der Waals surface area (Å²) >= 11 is 0. The molecule has 2 unspecified atom stereocenters. The number of carbonyl (C=O) groups is 1. The molecule has 1 fully saturated rings. The van der Waals surface area contributed by atoms with Gasteiger partial charge < -0.3 is 10.0 Å². The van der Waals surface area contributed by atoms with Crippen molar-refractivity contribution in [2.45, 2.75) is 39.7 Å². The summed E-state index contributed by atoms with van der Waals surface area (Å²) in [5, 5.41) is 9.67. The van der Waals surface area contributed by atoms with Crippen molar-refractivity contribution in [3.63, 3.8) is 0 Å². The molecule has 3 heteroatoms. The van der Waals surface area contributed by atoms with E-state index in [1.54, 1.807) is 0 Å². The fraction of sp³-hybridized carbons (Fsp3) is 0.909. The molecule has 82 valence electrons. The van der Waals surface area contributed by atoms with Gasteiger partial charge >= 0.3 is 0 Å². The number of likely N-dealkylation sites (tertiary alicyclic amines) is 1. The summed E-state index contributed by atoms with van der Waals surface area (Å²) in [6.45, 7) is 7.36. The normalized spacial score (nSPS) is 28.2. The van der Waals surface area contributed by atoms with Crippen LogP contribution in [0.2, 0.25) is 0 Å². The quantitative estimate of drug-likeness (QED) is 0.727. The van der Waals surface area contributed by atoms with Crippen molar-refractivity contribution >= 4 is 5.91 Å². The molecule has 14 heavy (non-hydrogen) atoms. The van der Waals surface area contributed by atoms with E-state index < -0.39 is 0 Å². The lowest BCUT2D eigenvalue weighted by atomic mass is 9.92. The van der Waals surface area contributed by atoms with Crippen molar-refractivity contribution in [2.75, 3.05) is 13.1 Å². The molecule has 1 N–H and O–H groups in total. The number of amides is 1. The van der Waals surface area contributed by atoms with Crippen LogP contribution in [-0.2, 0) is 4.79 Å². The molecule has 1 amide bonds. The molecule has 0 aromatic heterocycles. The highest BCUT2D eigenvalue weighted by molar-refractivity contribution is 5.78. The van der Waals surface area contributed by atoms with Crippen LogP contribution in [-0.4, -0.2) is 35.1 Å². The lowest BCUT2D eigenvalue weighted by Gasteiger charge is -2.36. The minimum absolute atomic E-state index is 0.0720. The Morgan fingerprint density at radius 3 is 2.71 bits per heavy atom. The van der Waals surface area contributed by atoms with E-state index in [0.29, 0.717) is 6.54 Å². The maximum Gasteiger partial charge on any atom is 0.225 e. The first-order valence-electron chi connectivity index (χ1n) is 5.53. The Bertz CT molecular complexity index is 203. The highest BCUT2D eigenvalue weighted by Crippen LogP contribution is 2.21. The van der Waals surface area contributed by atoms with E-state index in [2.05, 4.69) is 6.92 Å². The lowest BCUT2D eigenvalue weighted by Crippen LogP contribution is -2.47. The predicted octanol–water partition coefficient (Wildman–Crippen LogP) is 1.26. The van der Waals surface area contributed by atoms with Gasteiger partial charge in [-0.15, -0.1) is 0 Å². The van der Waals surface area contributed by atoms with E-state index in [-0.39, 0.29) is 23.8 Å². The Morgan fingerprint density at radius 1 is 1.57 bits per heavy atom. The van der Waals surface area contributed by atoms with Crippen molar-refractivity contribution in [1.29, 1.82) is 0 Å². The number of rotatable bonds is 2. The topological polar surface area (TPSA) is 40.5 Å². The van der Waals surface area contributed by atoms with E-state index >= 15 is 0 Å². The van der Waals surface area contributed by atoms with E-state index in [1.165, 1.54) is 0 Å². The van der Waals surface area contributed by atoms with Crippen LogP contribution in [0.1, 0.15) is 33.6 Å². The van der Waals surface area contributed by atoms with E-state index in [0.717, 1.165) is 19.4 Å². The molecule has 1 saturated heterocycles. The van der Waals surface area contributed by atoms with Gasteiger partial charge in [-0.1, -0.05) is 20.8 Å². The first kappa shape index (κ1) is 11.5. The van der Waals surface area contributed by atoms with Gasteiger partial charge in [-0.2, -0.15) is 0 Å². The highest BCUT2D eigenvalue weighted by atomic mass is 16.3. The Balaban J connectivity index is 2.54. The highest BCUT2D eigenvalue weighted by Gasteiger charge is 2.29. The second-order valence-electron chi connectivity index (χ2n) is 4.46. The van der Waals surface area contributed by atoms with Crippen LogP contribution < -0.4 is 0 Å². The third-order valence-corrected chi connectivity index (χ3v) is 3.02. The smallest absolute Gasteiger partial charge is 0.225 e. The molecule has 0 radical (unpaired) electrons. The van der Waals surface area contributed by atoms with Crippen LogP contribution in [0, 0.1) is 11.8 Å². The SMILES string of the molecule is CCC1CN(C(=O)C(C)C)CCC1O. The van der Waals surface area contributed by atoms with Crippen molar-refractivity contribution < 1.29 is 9.90 Å². The summed E-state index contributed by atoms with van der Waals surface area (Å²) in [6, 6.07) is 0. The van der Waals surface area contributed by atoms with Gasteiger partial charge in [0, 0.05) is 24.9 Å². The molecule has 2 atom stereocenters. The molecule has 0 bridgehead atoms. The lowest BCUT2D eigenvalue weighted by molar-refractivity contribution is -0.138. The molecule has 0 saturated carbocycles. The van der Waals surface area contributed by atoms with Crippen LogP contribution in [0.15, 0.2) is 0 Å². The maximum atomic E-state index is 11.7. The van der Waals surface area contributed by atoms with Crippen LogP contribution >= 0.6 is 0 Å². The van der Waals surface area contributed by atoms with Crippen molar-refractivity contribution in [3.05, 3.63) is 0 Å². The summed E-state index contributed by atoms with van der Waals surface area (Å²) in [4.78, 5) is 13.6. The Morgan fingerprint density at radius 2 is 2.21 bits per heavy atom. The summed E-state index contributed by atoms with van der Waals surface area (Å²) in [7, 11) is 0. The molecule has 1 aliphatic rings. The van der Waals surface area contributed by atoms with Crippen LogP contribution in [0.5, 0.6) is 0 Å². The number of aliphatic hydroxyl groups excluding tert-OH is 1. The minimum Gasteiger partial charge on any atom is -0.393 e. The Hall–Kier alpha value is -0.570. The maximum absolute atomic E-state index is 11.7. The summed E-state index contributed by atoms with van der Waals surface area (Å²) in [6.07, 6.45) is 1.47. The molecule has 3 nitrogen and oxygen atoms in total. The predicted molar refractivity (Wildman–Crippen MR) is 55.8 cm³/mol. The van der Waals surface area contributed by atoms with E-state index in [4.69, 9.17) is 0 Å². The molecule has 0 aromatic rings. The average molecular weight is 199 g/mol. The van der Waals surface area contributed by atoms with Gasteiger partial charge in [0.2, 0.25) is 5.91 Å². The van der Waals surface area contributed by atoms with Crippen molar-refractivity contribution in [2.24, 2.45) is 11.8 Å². The van der Waals surface area contributed by atoms with Gasteiger partial charge in [0.25, 0.3) is 0 Å². The van der Waals surface area contributed by atoms with E-state index in [9.17, 15) is 9.90 Å². The van der Waals surface area contributed by atoms with Crippen molar-refractivity contribution in [1.82, 2.24) is 4.90 Å². The summed E-state index contributed by atoms with van der Waals surface area (Å²) in [5.41, 5.74) is 0. The molecule has 1 aliphatic heterocycles. The van der Waals surface area contributed by atoms with Gasteiger partial charge in [-0.25, -0.2) is 0 Å². The Labute approximate surface area is 86.1 Å². The second-order valence-corrected chi connectivity index (χ2v) is 4.46. The van der Waals surface area contributed by atoms with Crippen LogP contribution in [0.4, 0.5) is 0 Å². The summed E-state index contributed by atoms with van der Waals surface area (Å²) < 4.78 is 0. The monoisotopic (exact) mass is 199 g/mol. The van der Waals surface area contributed by atoms with Gasteiger partial charge in [-0.3, -0.25) is 4.79 Å². The zero-order valence-corrected chi connectivity index (χ0v) is 9.36. The molecule has 1 heterocycles. The summed E-state index contributed by atoms with van der Waals surface area (Å²) in [5.74, 6) is 0.560. The third-order valence-electron chi connectivity index (χ3n) is 3.02. The molecule has 0 spiro atoms. The molecule has 1 rings (SSSR count). The van der Waals surface area contributed by atoms with E-state index in [1.807, 2.05) is 18.7 Å². The number of hydrogen-bond donors (Lipinski definition) is 1. The molecular formula is C11H21NO2.